The summed E-state index contributed by atoms with van der Waals surface area (Å²) in [4.78, 5) is 19.9. The van der Waals surface area contributed by atoms with Gasteiger partial charge in [-0.15, -0.1) is 11.3 Å². The predicted octanol–water partition coefficient (Wildman–Crippen LogP) is 1.02. The van der Waals surface area contributed by atoms with E-state index >= 15 is 0 Å². The maximum Gasteiger partial charge on any atom is 0.275 e. The highest BCUT2D eigenvalue weighted by Crippen LogP contribution is 2.28. The van der Waals surface area contributed by atoms with Gasteiger partial charge in [-0.1, -0.05) is 6.58 Å². The van der Waals surface area contributed by atoms with Crippen molar-refractivity contribution in [3.05, 3.63) is 62.9 Å². The number of morpholine rings is 1. The van der Waals surface area contributed by atoms with Gasteiger partial charge >= 0.3 is 0 Å². The molecule has 0 aliphatic carbocycles. The molecule has 1 aromatic carbocycles. The average molecular weight is 477 g/mol. The number of aromatic amines is 2. The molecular formula is C23H24N8O2S. The van der Waals surface area contributed by atoms with E-state index in [0.29, 0.717) is 23.3 Å². The summed E-state index contributed by atoms with van der Waals surface area (Å²) in [6.07, 6.45) is 6.75. The minimum absolute atomic E-state index is 0.277. The zero-order valence-corrected chi connectivity index (χ0v) is 19.2. The Morgan fingerprint density at radius 3 is 2.85 bits per heavy atom. The van der Waals surface area contributed by atoms with Crippen molar-refractivity contribution in [2.24, 2.45) is 5.73 Å². The van der Waals surface area contributed by atoms with Crippen molar-refractivity contribution in [1.82, 2.24) is 30.3 Å². The van der Waals surface area contributed by atoms with E-state index in [1.165, 1.54) is 17.5 Å². The molecule has 5 N–H and O–H groups in total. The molecule has 34 heavy (non-hydrogen) atoms. The van der Waals surface area contributed by atoms with E-state index in [-0.39, 0.29) is 5.91 Å². The summed E-state index contributed by atoms with van der Waals surface area (Å²) in [5.41, 5.74) is 9.26. The Morgan fingerprint density at radius 2 is 2.09 bits per heavy atom. The van der Waals surface area contributed by atoms with Crippen molar-refractivity contribution in [2.75, 3.05) is 31.6 Å². The summed E-state index contributed by atoms with van der Waals surface area (Å²) >= 11 is 1.48. The van der Waals surface area contributed by atoms with Gasteiger partial charge in [-0.3, -0.25) is 19.9 Å². The number of amides is 1. The van der Waals surface area contributed by atoms with Crippen LogP contribution in [-0.2, 0) is 11.3 Å². The molecular weight excluding hydrogens is 452 g/mol. The highest BCUT2D eigenvalue weighted by molar-refractivity contribution is 7.09. The van der Waals surface area contributed by atoms with Crippen molar-refractivity contribution < 1.29 is 9.53 Å². The fraction of sp³-hybridized carbons (Fsp3) is 0.217. The fourth-order valence-electron chi connectivity index (χ4n) is 3.79. The molecule has 1 fully saturated rings. The van der Waals surface area contributed by atoms with Gasteiger partial charge in [-0.25, -0.2) is 4.98 Å². The normalized spacial score (nSPS) is 15.8. The number of hydrogen-bond acceptors (Lipinski definition) is 8. The second-order valence-corrected chi connectivity index (χ2v) is 8.84. The first kappa shape index (κ1) is 22.0. The zero-order valence-electron chi connectivity index (χ0n) is 18.4. The molecule has 10 nitrogen and oxygen atoms in total. The molecule has 11 heteroatoms. The lowest BCUT2D eigenvalue weighted by atomic mass is 10.0. The van der Waals surface area contributed by atoms with E-state index < -0.39 is 0 Å². The van der Waals surface area contributed by atoms with Crippen LogP contribution in [0.5, 0.6) is 0 Å². The zero-order chi connectivity index (χ0) is 23.5. The Bertz CT molecular complexity index is 1460. The number of carbonyl (C=O) groups is 1. The number of anilines is 1. The van der Waals surface area contributed by atoms with Crippen LogP contribution in [0.25, 0.3) is 29.1 Å². The average Bonchev–Trinajstić information content (AvgIpc) is 3.59. The van der Waals surface area contributed by atoms with Crippen LogP contribution in [0, 0.1) is 0 Å². The third-order valence-electron chi connectivity index (χ3n) is 5.63. The number of thiazole rings is 1. The number of carbonyl (C=O) groups excluding carboxylic acids is 1. The Morgan fingerprint density at radius 1 is 1.26 bits per heavy atom. The second-order valence-electron chi connectivity index (χ2n) is 7.89. The molecule has 1 aliphatic heterocycles. The number of nitrogens with zero attached hydrogens (tertiary/aromatic N) is 4. The van der Waals surface area contributed by atoms with Crippen molar-refractivity contribution in [3.8, 4) is 0 Å². The number of rotatable bonds is 6. The number of allylic oxidation sites excluding steroid dienone is 1. The molecule has 0 radical (unpaired) electrons. The van der Waals surface area contributed by atoms with Gasteiger partial charge < -0.3 is 15.8 Å². The Balaban J connectivity index is 1.40. The predicted molar refractivity (Wildman–Crippen MR) is 132 cm³/mol. The van der Waals surface area contributed by atoms with Gasteiger partial charge in [0.2, 0.25) is 0 Å². The smallest absolute Gasteiger partial charge is 0.275 e. The molecule has 4 aromatic rings. The number of nitrogens with two attached hydrogens (primary N) is 1. The molecule has 5 rings (SSSR count). The lowest BCUT2D eigenvalue weighted by Gasteiger charge is -2.25. The minimum atomic E-state index is -0.277. The number of aromatic nitrogens is 5. The van der Waals surface area contributed by atoms with Crippen molar-refractivity contribution in [2.45, 2.75) is 6.54 Å². The second kappa shape index (κ2) is 9.59. The number of benzene rings is 1. The highest BCUT2D eigenvalue weighted by Gasteiger charge is 2.17. The topological polar surface area (TPSA) is 138 Å². The molecule has 0 spiro atoms. The molecule has 0 atom stereocenters. The van der Waals surface area contributed by atoms with Gasteiger partial charge in [-0.2, -0.15) is 10.2 Å². The van der Waals surface area contributed by atoms with Crippen molar-refractivity contribution in [3.63, 3.8) is 0 Å². The summed E-state index contributed by atoms with van der Waals surface area (Å²) < 4.78 is 5.39. The number of hydrogen-bond donors (Lipinski definition) is 4. The van der Waals surface area contributed by atoms with Crippen LogP contribution in [0.3, 0.4) is 0 Å². The van der Waals surface area contributed by atoms with Gasteiger partial charge in [0, 0.05) is 35.3 Å². The lowest BCUT2D eigenvalue weighted by Crippen LogP contribution is -2.35. The van der Waals surface area contributed by atoms with Crippen LogP contribution in [-0.4, -0.2) is 62.5 Å². The first-order chi connectivity index (χ1) is 16.6. The third-order valence-corrected chi connectivity index (χ3v) is 6.46. The minimum Gasteiger partial charge on any atom is -0.404 e. The van der Waals surface area contributed by atoms with E-state index in [2.05, 4.69) is 42.2 Å². The summed E-state index contributed by atoms with van der Waals surface area (Å²) in [5.74, 6) is -0.277. The molecule has 0 unspecified atom stereocenters. The lowest BCUT2D eigenvalue weighted by molar-refractivity contribution is 0.0341. The van der Waals surface area contributed by atoms with E-state index in [1.807, 2.05) is 18.2 Å². The van der Waals surface area contributed by atoms with Gasteiger partial charge in [0.1, 0.15) is 10.7 Å². The molecule has 0 saturated carbocycles. The first-order valence-corrected chi connectivity index (χ1v) is 11.6. The molecule has 1 saturated heterocycles. The quantitative estimate of drug-likeness (QED) is 0.326. The van der Waals surface area contributed by atoms with E-state index in [0.717, 1.165) is 58.6 Å². The summed E-state index contributed by atoms with van der Waals surface area (Å²) in [7, 11) is 0. The first-order valence-electron chi connectivity index (χ1n) is 10.8. The van der Waals surface area contributed by atoms with Gasteiger partial charge in [0.25, 0.3) is 5.91 Å². The fourth-order valence-corrected chi connectivity index (χ4v) is 4.60. The number of ether oxygens (including phenoxy) is 1. The van der Waals surface area contributed by atoms with Gasteiger partial charge in [-0.05, 0) is 29.3 Å². The van der Waals surface area contributed by atoms with Gasteiger partial charge in [0.05, 0.1) is 48.7 Å². The number of H-pyrrole nitrogens is 2. The Kier molecular flexibility index (Phi) is 6.21. The van der Waals surface area contributed by atoms with Crippen molar-refractivity contribution in [1.29, 1.82) is 0 Å². The molecule has 1 aliphatic rings. The summed E-state index contributed by atoms with van der Waals surface area (Å²) in [6.45, 7) is 7.83. The molecule has 0 bridgehead atoms. The van der Waals surface area contributed by atoms with E-state index in [1.54, 1.807) is 17.8 Å². The van der Waals surface area contributed by atoms with E-state index in [9.17, 15) is 4.79 Å². The van der Waals surface area contributed by atoms with Crippen LogP contribution >= 0.6 is 11.3 Å². The van der Waals surface area contributed by atoms with Crippen LogP contribution in [0.2, 0.25) is 0 Å². The molecule has 4 heterocycles. The Hall–Kier alpha value is -3.80. The van der Waals surface area contributed by atoms with Crippen LogP contribution in [0.1, 0.15) is 21.1 Å². The van der Waals surface area contributed by atoms with Crippen molar-refractivity contribution >= 4 is 52.1 Å². The van der Waals surface area contributed by atoms with Gasteiger partial charge in [0.15, 0.2) is 0 Å². The molecule has 174 valence electrons. The standard InChI is InChI=1S/C23H24N8O2S/c1-14-17(10-25-29-14)6-16(9-24)15-7-19(18-11-26-30-20(18)8-15)28-23(32)21-13-34-22(27-21)12-31-2-4-33-5-3-31/h6-11,13,29H,1-5,12,24H2,(H,26,30)(H,28,32)/b16-9+,17-6-. The summed E-state index contributed by atoms with van der Waals surface area (Å²) in [6, 6.07) is 3.80. The maximum atomic E-state index is 13.0. The maximum absolute atomic E-state index is 13.0. The van der Waals surface area contributed by atoms with Crippen LogP contribution < -0.4 is 21.6 Å². The third kappa shape index (κ3) is 4.62. The molecule has 1 amide bonds. The Labute approximate surface area is 198 Å². The monoisotopic (exact) mass is 476 g/mol. The number of fused-ring (bicyclic) bond motifs is 1. The summed E-state index contributed by atoms with van der Waals surface area (Å²) in [5, 5.41) is 21.9. The van der Waals surface area contributed by atoms with E-state index in [4.69, 9.17) is 10.5 Å². The highest BCUT2D eigenvalue weighted by atomic mass is 32.1. The van der Waals surface area contributed by atoms with Crippen LogP contribution in [0.15, 0.2) is 36.1 Å². The SMILES string of the molecule is C=c1[nH]nc/c1=C/C(=C\N)c1cc(NC(=O)c2csc(CN3CCOCC3)n2)c2cn[nH]c2c1. The van der Waals surface area contributed by atoms with Crippen LogP contribution in [0.4, 0.5) is 5.69 Å². The number of nitrogens with one attached hydrogen (secondary N) is 3. The molecule has 3 aromatic heterocycles. The largest absolute Gasteiger partial charge is 0.404 e.